The number of carbonyl (C=O) groups excluding carboxylic acids is 3. The summed E-state index contributed by atoms with van der Waals surface area (Å²) in [5.41, 5.74) is 0.758. The van der Waals surface area contributed by atoms with E-state index in [2.05, 4.69) is 0 Å². The number of likely N-dealkylation sites (tertiary alicyclic amines) is 1. The van der Waals surface area contributed by atoms with Gasteiger partial charge in [0.15, 0.2) is 0 Å². The van der Waals surface area contributed by atoms with Gasteiger partial charge in [0, 0.05) is 16.5 Å². The van der Waals surface area contributed by atoms with Crippen molar-refractivity contribution in [1.82, 2.24) is 4.90 Å². The van der Waals surface area contributed by atoms with Crippen LogP contribution in [0.3, 0.4) is 0 Å². The first-order chi connectivity index (χ1) is 12.0. The third-order valence-electron chi connectivity index (χ3n) is 4.08. The molecule has 1 aliphatic rings. The van der Waals surface area contributed by atoms with Crippen molar-refractivity contribution < 1.29 is 14.4 Å². The average molecular weight is 374 g/mol. The molecule has 1 fully saturated rings. The highest BCUT2D eigenvalue weighted by molar-refractivity contribution is 8.00. The largest absolute Gasteiger partial charge is 0.297 e. The number of rotatable bonds is 4. The van der Waals surface area contributed by atoms with E-state index >= 15 is 0 Å². The Morgan fingerprint density at radius 3 is 2.40 bits per heavy atom. The maximum Gasteiger partial charge on any atom is 0.297 e. The van der Waals surface area contributed by atoms with Crippen molar-refractivity contribution in [2.24, 2.45) is 0 Å². The number of carbonyl (C=O) groups is 3. The smallest absolute Gasteiger partial charge is 0.288 e. The summed E-state index contributed by atoms with van der Waals surface area (Å²) < 4.78 is 0. The minimum atomic E-state index is -0.720. The zero-order chi connectivity index (χ0) is 18.0. The van der Waals surface area contributed by atoms with Gasteiger partial charge in [0.05, 0.1) is 11.2 Å². The summed E-state index contributed by atoms with van der Waals surface area (Å²) in [6.45, 7) is 1.83. The number of benzene rings is 2. The highest BCUT2D eigenvalue weighted by Gasteiger charge is 2.43. The summed E-state index contributed by atoms with van der Waals surface area (Å²) in [4.78, 5) is 39.1. The Morgan fingerprint density at radius 1 is 1.12 bits per heavy atom. The van der Waals surface area contributed by atoms with Crippen LogP contribution in [0.4, 0.5) is 0 Å². The van der Waals surface area contributed by atoms with E-state index in [1.807, 2.05) is 30.3 Å². The molecule has 0 saturated carbocycles. The average Bonchev–Trinajstić information content (AvgIpc) is 2.92. The second-order valence-corrected chi connectivity index (χ2v) is 7.65. The van der Waals surface area contributed by atoms with Gasteiger partial charge in [0.1, 0.15) is 0 Å². The van der Waals surface area contributed by atoms with Gasteiger partial charge >= 0.3 is 0 Å². The summed E-state index contributed by atoms with van der Waals surface area (Å²) in [6.07, 6.45) is 0. The van der Waals surface area contributed by atoms with Gasteiger partial charge < -0.3 is 0 Å². The molecule has 1 saturated heterocycles. The van der Waals surface area contributed by atoms with Crippen LogP contribution >= 0.6 is 23.4 Å². The number of thioether (sulfide) groups is 1. The number of hydrogen-bond donors (Lipinski definition) is 0. The van der Waals surface area contributed by atoms with Crippen LogP contribution < -0.4 is 0 Å². The third-order valence-corrected chi connectivity index (χ3v) is 5.43. The number of halogens is 1. The molecule has 1 aliphatic heterocycles. The van der Waals surface area contributed by atoms with Crippen molar-refractivity contribution in [3.05, 3.63) is 65.2 Å². The third kappa shape index (κ3) is 3.78. The second kappa shape index (κ2) is 7.42. The van der Waals surface area contributed by atoms with Crippen molar-refractivity contribution in [2.45, 2.75) is 23.0 Å². The Hall–Kier alpha value is -2.11. The maximum absolute atomic E-state index is 12.7. The van der Waals surface area contributed by atoms with Gasteiger partial charge in [-0.15, -0.1) is 11.8 Å². The van der Waals surface area contributed by atoms with Gasteiger partial charge in [-0.05, 0) is 36.8 Å². The summed E-state index contributed by atoms with van der Waals surface area (Å²) in [6, 6.07) is 16.2. The normalized spacial score (nSPS) is 18.5. The lowest BCUT2D eigenvalue weighted by molar-refractivity contribution is -0.146. The van der Waals surface area contributed by atoms with Crippen molar-refractivity contribution >= 4 is 41.0 Å². The summed E-state index contributed by atoms with van der Waals surface area (Å²) in [5, 5.41) is 0.141. The SMILES string of the molecule is C[C@@H](Sc1ccc(Cl)cc1)C(=O)N1C[C@@H](c2ccccc2)C(=O)C1=O. The molecule has 0 unspecified atom stereocenters. The van der Waals surface area contributed by atoms with Crippen LogP contribution in [0.25, 0.3) is 0 Å². The van der Waals surface area contributed by atoms with Gasteiger partial charge in [-0.3, -0.25) is 19.3 Å². The van der Waals surface area contributed by atoms with Crippen LogP contribution in [0.2, 0.25) is 5.02 Å². The first kappa shape index (κ1) is 17.7. The molecule has 6 heteroatoms. The number of nitrogens with zero attached hydrogens (tertiary/aromatic N) is 1. The standard InChI is InChI=1S/C19H16ClNO3S/c1-12(25-15-9-7-14(20)8-10-15)18(23)21-11-16(17(22)19(21)24)13-5-3-2-4-6-13/h2-10,12,16H,11H2,1H3/t12-,16+/m1/s1. The molecule has 3 rings (SSSR count). The summed E-state index contributed by atoms with van der Waals surface area (Å²) in [5.74, 6) is -2.17. The zero-order valence-corrected chi connectivity index (χ0v) is 15.1. The van der Waals surface area contributed by atoms with E-state index in [0.29, 0.717) is 5.02 Å². The Kier molecular flexibility index (Phi) is 5.25. The molecule has 0 N–H and O–H groups in total. The van der Waals surface area contributed by atoms with Crippen LogP contribution in [-0.2, 0) is 14.4 Å². The van der Waals surface area contributed by atoms with Crippen LogP contribution in [0.5, 0.6) is 0 Å². The molecule has 2 atom stereocenters. The molecular weight excluding hydrogens is 358 g/mol. The summed E-state index contributed by atoms with van der Waals surface area (Å²) in [7, 11) is 0. The molecule has 2 amide bonds. The fourth-order valence-corrected chi connectivity index (χ4v) is 3.81. The Labute approximate surface area is 155 Å². The second-order valence-electron chi connectivity index (χ2n) is 5.80. The predicted octanol–water partition coefficient (Wildman–Crippen LogP) is 3.54. The van der Waals surface area contributed by atoms with Crippen molar-refractivity contribution in [2.75, 3.05) is 6.54 Å². The van der Waals surface area contributed by atoms with Gasteiger partial charge in [-0.2, -0.15) is 0 Å². The highest BCUT2D eigenvalue weighted by atomic mass is 35.5. The van der Waals surface area contributed by atoms with Gasteiger partial charge in [-0.1, -0.05) is 41.9 Å². The minimum Gasteiger partial charge on any atom is -0.288 e. The van der Waals surface area contributed by atoms with E-state index in [4.69, 9.17) is 11.6 Å². The van der Waals surface area contributed by atoms with E-state index in [9.17, 15) is 14.4 Å². The quantitative estimate of drug-likeness (QED) is 0.607. The number of imide groups is 1. The fourth-order valence-electron chi connectivity index (χ4n) is 2.75. The van der Waals surface area contributed by atoms with Crippen molar-refractivity contribution in [3.63, 3.8) is 0 Å². The molecule has 4 nitrogen and oxygen atoms in total. The molecule has 1 heterocycles. The van der Waals surface area contributed by atoms with E-state index in [1.165, 1.54) is 11.8 Å². The Balaban J connectivity index is 1.72. The molecule has 2 aromatic carbocycles. The molecule has 0 radical (unpaired) electrons. The monoisotopic (exact) mass is 373 g/mol. The number of ketones is 1. The van der Waals surface area contributed by atoms with Crippen molar-refractivity contribution in [1.29, 1.82) is 0 Å². The zero-order valence-electron chi connectivity index (χ0n) is 13.5. The molecule has 128 valence electrons. The molecular formula is C19H16ClNO3S. The van der Waals surface area contributed by atoms with E-state index in [-0.39, 0.29) is 12.5 Å². The van der Waals surface area contributed by atoms with Crippen LogP contribution in [0.15, 0.2) is 59.5 Å². The highest BCUT2D eigenvalue weighted by Crippen LogP contribution is 2.30. The molecule has 0 aliphatic carbocycles. The minimum absolute atomic E-state index is 0.103. The molecule has 2 aromatic rings. The topological polar surface area (TPSA) is 54.5 Å². The number of amides is 2. The summed E-state index contributed by atoms with van der Waals surface area (Å²) >= 11 is 7.19. The van der Waals surface area contributed by atoms with Gasteiger partial charge in [-0.25, -0.2) is 0 Å². The Bertz CT molecular complexity index is 807. The van der Waals surface area contributed by atoms with E-state index < -0.39 is 22.9 Å². The predicted molar refractivity (Wildman–Crippen MR) is 97.7 cm³/mol. The molecule has 25 heavy (non-hydrogen) atoms. The van der Waals surface area contributed by atoms with Crippen LogP contribution in [0.1, 0.15) is 18.4 Å². The number of Topliss-reactive ketones (excluding diaryl/α,β-unsaturated/α-hetero) is 1. The van der Waals surface area contributed by atoms with Crippen LogP contribution in [0, 0.1) is 0 Å². The first-order valence-electron chi connectivity index (χ1n) is 7.84. The molecule has 0 spiro atoms. The lowest BCUT2D eigenvalue weighted by Gasteiger charge is -2.18. The van der Waals surface area contributed by atoms with E-state index in [0.717, 1.165) is 15.4 Å². The lowest BCUT2D eigenvalue weighted by atomic mass is 9.97. The van der Waals surface area contributed by atoms with E-state index in [1.54, 1.807) is 31.2 Å². The Morgan fingerprint density at radius 2 is 1.76 bits per heavy atom. The first-order valence-corrected chi connectivity index (χ1v) is 9.10. The molecule has 0 bridgehead atoms. The van der Waals surface area contributed by atoms with Gasteiger partial charge in [0.25, 0.3) is 5.91 Å². The maximum atomic E-state index is 12.7. The van der Waals surface area contributed by atoms with Gasteiger partial charge in [0.2, 0.25) is 11.7 Å². The van der Waals surface area contributed by atoms with Crippen LogP contribution in [-0.4, -0.2) is 34.3 Å². The molecule has 0 aromatic heterocycles. The lowest BCUT2D eigenvalue weighted by Crippen LogP contribution is -2.38. The fraction of sp³-hybridized carbons (Fsp3) is 0.211. The van der Waals surface area contributed by atoms with Crippen molar-refractivity contribution in [3.8, 4) is 0 Å². The number of hydrogen-bond acceptors (Lipinski definition) is 4.